The van der Waals surface area contributed by atoms with Gasteiger partial charge in [-0.15, -0.1) is 0 Å². The Morgan fingerprint density at radius 2 is 0.653 bits per heavy atom. The second-order valence-corrected chi connectivity index (χ2v) is 18.3. The summed E-state index contributed by atoms with van der Waals surface area (Å²) in [6, 6.07) is 0. The normalized spacial score (nSPS) is 10.9. The van der Waals surface area contributed by atoms with Gasteiger partial charge in [0, 0.05) is 11.5 Å². The van der Waals surface area contributed by atoms with Gasteiger partial charge in [0.05, 0.1) is 11.9 Å². The standard InChI is InChI=1S/2C20H38O2S.2CH3.Sn/c2*1-2-3-4-5-6-7-8-9-10-11-12-13-14-15-16-17-18-23-19-20(21)22;;;/h2*9-10H,2-8,11-19H2,1H3,(H,21,22);2*1H3;/q;;;;+2/p-2/b2*10-9-;;;. The monoisotopic (exact) mass is 832 g/mol. The zero-order valence-corrected chi connectivity index (χ0v) is 37.4. The molecule has 0 bridgehead atoms. The van der Waals surface area contributed by atoms with Crippen molar-refractivity contribution in [2.75, 3.05) is 23.0 Å². The van der Waals surface area contributed by atoms with Crippen LogP contribution in [0, 0.1) is 0 Å². The van der Waals surface area contributed by atoms with E-state index in [1.54, 1.807) is 0 Å². The molecule has 4 nitrogen and oxygen atoms in total. The summed E-state index contributed by atoms with van der Waals surface area (Å²) in [7, 11) is 0. The first-order chi connectivity index (χ1) is 24.0. The molecule has 0 fully saturated rings. The predicted octanol–water partition coefficient (Wildman–Crippen LogP) is 11.8. The van der Waals surface area contributed by atoms with Crippen molar-refractivity contribution < 1.29 is 19.8 Å². The van der Waals surface area contributed by atoms with E-state index in [9.17, 15) is 19.8 Å². The SMILES string of the molecule is CCCCCCCC/C=C\CCCCCCCCSCC(=O)[O-].CCCCCCCC/C=C\CCCCCCCCSCC(=O)[O-].[CH3][Sn+2][CH3]. The van der Waals surface area contributed by atoms with Crippen LogP contribution in [-0.4, -0.2) is 56.1 Å². The number of carboxylic acids is 2. The van der Waals surface area contributed by atoms with Gasteiger partial charge in [0.25, 0.3) is 0 Å². The number of hydrogen-bond donors (Lipinski definition) is 0. The fourth-order valence-electron chi connectivity index (χ4n) is 5.21. The molecule has 0 aliphatic carbocycles. The van der Waals surface area contributed by atoms with E-state index in [0.717, 1.165) is 24.3 Å². The minimum atomic E-state index is -0.945. The molecule has 0 radical (unpaired) electrons. The third-order valence-corrected chi connectivity index (χ3v) is 10.1. The Morgan fingerprint density at radius 1 is 0.429 bits per heavy atom. The zero-order chi connectivity index (χ0) is 36.7. The van der Waals surface area contributed by atoms with Gasteiger partial charge in [-0.2, -0.15) is 23.5 Å². The summed E-state index contributed by atoms with van der Waals surface area (Å²) in [5, 5.41) is 20.5. The van der Waals surface area contributed by atoms with Crippen molar-refractivity contribution in [3.05, 3.63) is 24.3 Å². The molecule has 0 N–H and O–H groups in total. The van der Waals surface area contributed by atoms with E-state index in [-0.39, 0.29) is 32.6 Å². The average Bonchev–Trinajstić information content (AvgIpc) is 3.07. The van der Waals surface area contributed by atoms with E-state index >= 15 is 0 Å². The topological polar surface area (TPSA) is 80.3 Å². The minimum absolute atomic E-state index is 0.144. The van der Waals surface area contributed by atoms with Crippen molar-refractivity contribution in [2.45, 2.75) is 204 Å². The summed E-state index contributed by atoms with van der Waals surface area (Å²) >= 11 is 3.18. The average molecular weight is 832 g/mol. The predicted molar refractivity (Wildman–Crippen MR) is 221 cm³/mol. The van der Waals surface area contributed by atoms with Crippen molar-refractivity contribution >= 4 is 56.6 Å². The molecular weight excluding hydrogens is 751 g/mol. The summed E-state index contributed by atoms with van der Waals surface area (Å²) < 4.78 is 0. The van der Waals surface area contributed by atoms with Gasteiger partial charge in [-0.05, 0) is 75.7 Å². The second-order valence-electron chi connectivity index (χ2n) is 13.2. The molecule has 0 aliphatic heterocycles. The fourth-order valence-corrected chi connectivity index (χ4v) is 6.65. The quantitative estimate of drug-likeness (QED) is 0.0355. The van der Waals surface area contributed by atoms with E-state index in [4.69, 9.17) is 0 Å². The molecule has 0 unspecified atom stereocenters. The maximum atomic E-state index is 10.2. The van der Waals surface area contributed by atoms with Crippen LogP contribution >= 0.6 is 23.5 Å². The molecule has 0 aliphatic rings. The van der Waals surface area contributed by atoms with Crippen LogP contribution in [0.15, 0.2) is 24.3 Å². The molecule has 7 heteroatoms. The van der Waals surface area contributed by atoms with Crippen LogP contribution in [0.3, 0.4) is 0 Å². The molecule has 0 saturated heterocycles. The number of carboxylic acid groups (broad SMARTS) is 2. The number of thioether (sulfide) groups is 2. The summed E-state index contributed by atoms with van der Waals surface area (Å²) in [5.41, 5.74) is 0. The van der Waals surface area contributed by atoms with Crippen LogP contribution in [0.2, 0.25) is 9.88 Å². The fraction of sp³-hybridized carbons (Fsp3) is 0.857. The van der Waals surface area contributed by atoms with E-state index in [2.05, 4.69) is 48.0 Å². The molecule has 0 atom stereocenters. The summed E-state index contributed by atoms with van der Waals surface area (Å²) in [6.45, 7) is 4.53. The van der Waals surface area contributed by atoms with Gasteiger partial charge < -0.3 is 19.8 Å². The number of unbranched alkanes of at least 4 members (excludes halogenated alkanes) is 24. The Hall–Kier alpha value is -0.0813. The molecule has 0 aromatic heterocycles. The summed E-state index contributed by atoms with van der Waals surface area (Å²) in [6.07, 6.45) is 46.3. The molecule has 0 amide bonds. The number of carbonyl (C=O) groups excluding carboxylic acids is 2. The first-order valence-corrected chi connectivity index (χ1v) is 28.4. The summed E-state index contributed by atoms with van der Waals surface area (Å²) in [4.78, 5) is 25.1. The van der Waals surface area contributed by atoms with Crippen molar-refractivity contribution in [3.8, 4) is 0 Å². The van der Waals surface area contributed by atoms with Gasteiger partial charge >= 0.3 is 31.0 Å². The Labute approximate surface area is 325 Å². The second kappa shape index (κ2) is 52.3. The number of carbonyl (C=O) groups is 2. The van der Waals surface area contributed by atoms with Gasteiger partial charge in [0.1, 0.15) is 0 Å². The van der Waals surface area contributed by atoms with Crippen molar-refractivity contribution in [3.63, 3.8) is 0 Å². The Balaban J connectivity index is -0.000000798. The number of aliphatic carboxylic acids is 2. The number of rotatable bonds is 36. The molecular formula is C42H80O4S2Sn. The molecule has 0 spiro atoms. The van der Waals surface area contributed by atoms with Crippen molar-refractivity contribution in [1.29, 1.82) is 0 Å². The van der Waals surface area contributed by atoms with Crippen LogP contribution in [0.25, 0.3) is 0 Å². The molecule has 49 heavy (non-hydrogen) atoms. The van der Waals surface area contributed by atoms with E-state index in [1.165, 1.54) is 190 Å². The summed E-state index contributed by atoms with van der Waals surface area (Å²) in [5.74, 6) is 0.305. The number of allylic oxidation sites excluding steroid dienone is 4. The van der Waals surface area contributed by atoms with Gasteiger partial charge in [-0.1, -0.05) is 154 Å². The molecule has 0 rings (SSSR count). The van der Waals surface area contributed by atoms with Gasteiger partial charge in [-0.25, -0.2) is 0 Å². The molecule has 0 aromatic carbocycles. The van der Waals surface area contributed by atoms with Crippen LogP contribution in [0.1, 0.15) is 194 Å². The van der Waals surface area contributed by atoms with Crippen LogP contribution < -0.4 is 10.2 Å². The Bertz CT molecular complexity index is 632. The van der Waals surface area contributed by atoms with Gasteiger partial charge in [-0.3, -0.25) is 0 Å². The Kier molecular flexibility index (Phi) is 56.8. The zero-order valence-electron chi connectivity index (χ0n) is 32.9. The maximum absolute atomic E-state index is 10.2. The van der Waals surface area contributed by atoms with Crippen LogP contribution in [0.5, 0.6) is 0 Å². The van der Waals surface area contributed by atoms with Crippen LogP contribution in [-0.2, 0) is 9.59 Å². The van der Waals surface area contributed by atoms with Crippen molar-refractivity contribution in [1.82, 2.24) is 0 Å². The van der Waals surface area contributed by atoms with E-state index in [1.807, 2.05) is 0 Å². The third-order valence-electron chi connectivity index (χ3n) is 8.04. The number of hydrogen-bond acceptors (Lipinski definition) is 6. The molecule has 0 aromatic rings. The van der Waals surface area contributed by atoms with Crippen LogP contribution in [0.4, 0.5) is 0 Å². The molecule has 0 saturated carbocycles. The van der Waals surface area contributed by atoms with Crippen molar-refractivity contribution in [2.24, 2.45) is 0 Å². The van der Waals surface area contributed by atoms with Gasteiger partial charge in [0.2, 0.25) is 0 Å². The first kappa shape index (κ1) is 53.3. The Morgan fingerprint density at radius 3 is 0.898 bits per heavy atom. The van der Waals surface area contributed by atoms with E-state index in [0.29, 0.717) is 0 Å². The van der Waals surface area contributed by atoms with Gasteiger partial charge in [0.15, 0.2) is 0 Å². The first-order valence-electron chi connectivity index (χ1n) is 20.4. The molecule has 288 valence electrons. The third kappa shape index (κ3) is 63.4. The van der Waals surface area contributed by atoms with E-state index < -0.39 is 11.9 Å². The molecule has 0 heterocycles.